The van der Waals surface area contributed by atoms with Gasteiger partial charge in [0.15, 0.2) is 0 Å². The van der Waals surface area contributed by atoms with Crippen LogP contribution in [0.2, 0.25) is 0 Å². The minimum atomic E-state index is -3.73. The van der Waals surface area contributed by atoms with Gasteiger partial charge in [-0.25, -0.2) is 8.42 Å². The van der Waals surface area contributed by atoms with E-state index < -0.39 is 10.0 Å². The zero-order chi connectivity index (χ0) is 21.6. The Balaban J connectivity index is 1.62. The summed E-state index contributed by atoms with van der Waals surface area (Å²) in [7, 11) is -3.73. The second-order valence-electron chi connectivity index (χ2n) is 7.97. The molecule has 1 heterocycles. The lowest BCUT2D eigenvalue weighted by atomic mass is 10.2. The highest BCUT2D eigenvalue weighted by atomic mass is 32.2. The molecule has 1 aliphatic rings. The lowest BCUT2D eigenvalue weighted by Gasteiger charge is -2.19. The van der Waals surface area contributed by atoms with Crippen molar-refractivity contribution in [3.8, 4) is 0 Å². The first-order chi connectivity index (χ1) is 14.3. The van der Waals surface area contributed by atoms with Gasteiger partial charge in [-0.1, -0.05) is 31.0 Å². The van der Waals surface area contributed by atoms with Gasteiger partial charge >= 0.3 is 0 Å². The van der Waals surface area contributed by atoms with Crippen LogP contribution in [-0.2, 0) is 10.0 Å². The van der Waals surface area contributed by atoms with E-state index in [0.717, 1.165) is 25.2 Å². The molecular weight excluding hydrogens is 398 g/mol. The van der Waals surface area contributed by atoms with Crippen LogP contribution in [0.25, 0.3) is 0 Å². The van der Waals surface area contributed by atoms with Crippen molar-refractivity contribution in [2.75, 3.05) is 30.9 Å². The Morgan fingerprint density at radius 3 is 2.47 bits per heavy atom. The number of carbonyl (C=O) groups is 1. The van der Waals surface area contributed by atoms with E-state index in [1.807, 2.05) is 13.0 Å². The van der Waals surface area contributed by atoms with E-state index in [0.29, 0.717) is 23.4 Å². The molecule has 7 heteroatoms. The lowest BCUT2D eigenvalue weighted by molar-refractivity contribution is 0.0948. The molecule has 2 aromatic rings. The van der Waals surface area contributed by atoms with Gasteiger partial charge < -0.3 is 10.2 Å². The molecule has 0 aliphatic carbocycles. The molecule has 0 bridgehead atoms. The van der Waals surface area contributed by atoms with E-state index in [9.17, 15) is 13.2 Å². The number of aryl methyl sites for hydroxylation is 2. The topological polar surface area (TPSA) is 78.5 Å². The van der Waals surface area contributed by atoms with Gasteiger partial charge in [-0.3, -0.25) is 9.52 Å². The third-order valence-corrected chi connectivity index (χ3v) is 6.95. The molecular formula is C23H31N3O3S. The SMILES string of the molecule is Cc1ccc(C)c(S(=O)(=O)Nc2cccc(C(=O)NCCN3CCCCCC3)c2)c1. The van der Waals surface area contributed by atoms with Crippen LogP contribution in [0, 0.1) is 13.8 Å². The fraction of sp³-hybridized carbons (Fsp3) is 0.435. The molecule has 2 aromatic carbocycles. The zero-order valence-corrected chi connectivity index (χ0v) is 18.6. The van der Waals surface area contributed by atoms with Gasteiger partial charge in [-0.2, -0.15) is 0 Å². The minimum absolute atomic E-state index is 0.197. The third-order valence-electron chi connectivity index (χ3n) is 5.42. The maximum absolute atomic E-state index is 12.8. The molecule has 0 unspecified atom stereocenters. The van der Waals surface area contributed by atoms with Gasteiger partial charge in [0.1, 0.15) is 0 Å². The van der Waals surface area contributed by atoms with E-state index in [1.165, 1.54) is 25.7 Å². The standard InChI is InChI=1S/C23H31N3O3S/c1-18-10-11-19(2)22(16-18)30(28,29)25-21-9-7-8-20(17-21)23(27)24-12-15-26-13-5-3-4-6-14-26/h7-11,16-17,25H,3-6,12-15H2,1-2H3,(H,24,27). The summed E-state index contributed by atoms with van der Waals surface area (Å²) < 4.78 is 28.2. The Labute approximate surface area is 179 Å². The molecule has 30 heavy (non-hydrogen) atoms. The summed E-state index contributed by atoms with van der Waals surface area (Å²) in [5.74, 6) is -0.197. The number of nitrogens with zero attached hydrogens (tertiary/aromatic N) is 1. The van der Waals surface area contributed by atoms with Crippen molar-refractivity contribution < 1.29 is 13.2 Å². The predicted molar refractivity (Wildman–Crippen MR) is 120 cm³/mol. The number of amides is 1. The van der Waals surface area contributed by atoms with Gasteiger partial charge in [-0.05, 0) is 75.2 Å². The van der Waals surface area contributed by atoms with Crippen LogP contribution in [0.5, 0.6) is 0 Å². The summed E-state index contributed by atoms with van der Waals surface area (Å²) in [6.07, 6.45) is 5.01. The molecule has 0 aromatic heterocycles. The van der Waals surface area contributed by atoms with E-state index in [4.69, 9.17) is 0 Å². The fourth-order valence-corrected chi connectivity index (χ4v) is 5.10. The monoisotopic (exact) mass is 429 g/mol. The Hall–Kier alpha value is -2.38. The maximum Gasteiger partial charge on any atom is 0.262 e. The lowest BCUT2D eigenvalue weighted by Crippen LogP contribution is -2.35. The first-order valence-corrected chi connectivity index (χ1v) is 12.0. The second kappa shape index (κ2) is 10.1. The number of anilines is 1. The Morgan fingerprint density at radius 2 is 1.73 bits per heavy atom. The summed E-state index contributed by atoms with van der Waals surface area (Å²) >= 11 is 0. The van der Waals surface area contributed by atoms with Gasteiger partial charge in [0, 0.05) is 24.3 Å². The van der Waals surface area contributed by atoms with Gasteiger partial charge in [0.25, 0.3) is 15.9 Å². The molecule has 1 aliphatic heterocycles. The van der Waals surface area contributed by atoms with Gasteiger partial charge in [0.05, 0.1) is 4.90 Å². The Bertz CT molecular complexity index is 981. The van der Waals surface area contributed by atoms with Gasteiger partial charge in [-0.15, -0.1) is 0 Å². The van der Waals surface area contributed by atoms with E-state index in [-0.39, 0.29) is 10.8 Å². The van der Waals surface area contributed by atoms with Gasteiger partial charge in [0.2, 0.25) is 0 Å². The first kappa shape index (κ1) is 22.3. The van der Waals surface area contributed by atoms with Crippen LogP contribution < -0.4 is 10.0 Å². The van der Waals surface area contributed by atoms with Crippen molar-refractivity contribution in [2.45, 2.75) is 44.4 Å². The molecule has 0 spiro atoms. The second-order valence-corrected chi connectivity index (χ2v) is 9.62. The zero-order valence-electron chi connectivity index (χ0n) is 17.8. The quantitative estimate of drug-likeness (QED) is 0.703. The third kappa shape index (κ3) is 6.06. The van der Waals surface area contributed by atoms with Crippen molar-refractivity contribution in [3.63, 3.8) is 0 Å². The Morgan fingerprint density at radius 1 is 1.00 bits per heavy atom. The molecule has 1 saturated heterocycles. The van der Waals surface area contributed by atoms with E-state index in [1.54, 1.807) is 43.3 Å². The summed E-state index contributed by atoms with van der Waals surface area (Å²) in [4.78, 5) is 15.2. The van der Waals surface area contributed by atoms with Crippen LogP contribution in [0.3, 0.4) is 0 Å². The van der Waals surface area contributed by atoms with Crippen molar-refractivity contribution in [1.29, 1.82) is 0 Å². The van der Waals surface area contributed by atoms with Crippen molar-refractivity contribution in [2.24, 2.45) is 0 Å². The minimum Gasteiger partial charge on any atom is -0.351 e. The molecule has 2 N–H and O–H groups in total. The number of benzene rings is 2. The molecule has 0 saturated carbocycles. The normalized spacial score (nSPS) is 15.4. The van der Waals surface area contributed by atoms with Crippen LogP contribution in [0.15, 0.2) is 47.4 Å². The number of likely N-dealkylation sites (tertiary alicyclic amines) is 1. The average molecular weight is 430 g/mol. The van der Waals surface area contributed by atoms with Crippen molar-refractivity contribution >= 4 is 21.6 Å². The van der Waals surface area contributed by atoms with Crippen LogP contribution in [0.1, 0.15) is 47.2 Å². The number of hydrogen-bond donors (Lipinski definition) is 2. The van der Waals surface area contributed by atoms with Crippen LogP contribution >= 0.6 is 0 Å². The average Bonchev–Trinajstić information content (AvgIpc) is 2.98. The van der Waals surface area contributed by atoms with Crippen LogP contribution in [-0.4, -0.2) is 45.4 Å². The smallest absolute Gasteiger partial charge is 0.262 e. The summed E-state index contributed by atoms with van der Waals surface area (Å²) in [5, 5.41) is 2.95. The number of hydrogen-bond acceptors (Lipinski definition) is 4. The van der Waals surface area contributed by atoms with E-state index in [2.05, 4.69) is 14.9 Å². The molecule has 162 valence electrons. The number of rotatable bonds is 7. The summed E-state index contributed by atoms with van der Waals surface area (Å²) in [5.41, 5.74) is 2.36. The molecule has 3 rings (SSSR count). The van der Waals surface area contributed by atoms with Crippen molar-refractivity contribution in [1.82, 2.24) is 10.2 Å². The molecule has 1 amide bonds. The number of sulfonamides is 1. The molecule has 1 fully saturated rings. The maximum atomic E-state index is 12.8. The van der Waals surface area contributed by atoms with Crippen molar-refractivity contribution in [3.05, 3.63) is 59.2 Å². The van der Waals surface area contributed by atoms with Crippen LogP contribution in [0.4, 0.5) is 5.69 Å². The predicted octanol–water partition coefficient (Wildman–Crippen LogP) is 3.71. The highest BCUT2D eigenvalue weighted by Gasteiger charge is 2.18. The Kier molecular flexibility index (Phi) is 7.50. The molecule has 0 radical (unpaired) electrons. The largest absolute Gasteiger partial charge is 0.351 e. The van der Waals surface area contributed by atoms with E-state index >= 15 is 0 Å². The molecule has 0 atom stereocenters. The molecule has 6 nitrogen and oxygen atoms in total. The summed E-state index contributed by atoms with van der Waals surface area (Å²) in [6.45, 7) is 7.22. The first-order valence-electron chi connectivity index (χ1n) is 10.6. The number of carbonyl (C=O) groups excluding carboxylic acids is 1. The summed E-state index contributed by atoms with van der Waals surface area (Å²) in [6, 6.07) is 11.9. The highest BCUT2D eigenvalue weighted by Crippen LogP contribution is 2.21. The number of nitrogens with one attached hydrogen (secondary N) is 2. The highest BCUT2D eigenvalue weighted by molar-refractivity contribution is 7.92. The fourth-order valence-electron chi connectivity index (χ4n) is 3.72.